The molecule has 2 aromatic heterocycles. The Kier molecular flexibility index (Phi) is 4.66. The number of carbonyl (C=O) groups excluding carboxylic acids is 1. The van der Waals surface area contributed by atoms with E-state index in [9.17, 15) is 9.59 Å². The van der Waals surface area contributed by atoms with E-state index in [1.807, 2.05) is 25.1 Å². The summed E-state index contributed by atoms with van der Waals surface area (Å²) in [5, 5.41) is 2.78. The molecule has 6 heteroatoms. The van der Waals surface area contributed by atoms with Gasteiger partial charge in [0.05, 0.1) is 6.54 Å². The lowest BCUT2D eigenvalue weighted by Gasteiger charge is -2.05. The van der Waals surface area contributed by atoms with Crippen molar-refractivity contribution < 1.29 is 9.21 Å². The van der Waals surface area contributed by atoms with Crippen LogP contribution in [0.2, 0.25) is 0 Å². The maximum atomic E-state index is 12.3. The van der Waals surface area contributed by atoms with Crippen molar-refractivity contribution in [3.63, 3.8) is 0 Å². The number of rotatable bonds is 4. The van der Waals surface area contributed by atoms with Crippen molar-refractivity contribution in [2.45, 2.75) is 13.5 Å². The van der Waals surface area contributed by atoms with Crippen LogP contribution in [-0.2, 0) is 6.54 Å². The van der Waals surface area contributed by atoms with Gasteiger partial charge in [-0.25, -0.2) is 0 Å². The number of furan rings is 1. The molecule has 5 nitrogen and oxygen atoms in total. The molecule has 0 aliphatic carbocycles. The highest BCUT2D eigenvalue weighted by molar-refractivity contribution is 9.10. The van der Waals surface area contributed by atoms with Crippen LogP contribution in [0.1, 0.15) is 21.9 Å². The zero-order chi connectivity index (χ0) is 17.1. The van der Waals surface area contributed by atoms with Gasteiger partial charge in [-0.15, -0.1) is 0 Å². The molecule has 0 saturated carbocycles. The number of amides is 1. The highest BCUT2D eigenvalue weighted by Crippen LogP contribution is 2.21. The van der Waals surface area contributed by atoms with E-state index < -0.39 is 0 Å². The van der Waals surface area contributed by atoms with Crippen molar-refractivity contribution in [1.29, 1.82) is 0 Å². The molecular weight excluding hydrogens is 372 g/mol. The summed E-state index contributed by atoms with van der Waals surface area (Å²) in [5.74, 6) is 0.404. The van der Waals surface area contributed by atoms with Crippen LogP contribution in [0.15, 0.2) is 68.4 Å². The summed E-state index contributed by atoms with van der Waals surface area (Å²) in [6, 6.07) is 13.8. The summed E-state index contributed by atoms with van der Waals surface area (Å²) >= 11 is 3.43. The Balaban J connectivity index is 1.73. The minimum absolute atomic E-state index is 0.121. The van der Waals surface area contributed by atoms with Crippen LogP contribution in [0.25, 0.3) is 0 Å². The molecule has 122 valence electrons. The Bertz CT molecular complexity index is 943. The number of carbonyl (C=O) groups is 1. The maximum Gasteiger partial charge on any atom is 0.291 e. The second-order valence-electron chi connectivity index (χ2n) is 5.35. The Morgan fingerprint density at radius 1 is 1.21 bits per heavy atom. The molecule has 2 heterocycles. The summed E-state index contributed by atoms with van der Waals surface area (Å²) in [4.78, 5) is 24.0. The Labute approximate surface area is 147 Å². The predicted molar refractivity (Wildman–Crippen MR) is 95.3 cm³/mol. The highest BCUT2D eigenvalue weighted by Gasteiger charge is 2.12. The minimum Gasteiger partial charge on any atom is -0.454 e. The fraction of sp³-hybridized carbons (Fsp3) is 0.111. The molecular formula is C18H15BrN2O3. The van der Waals surface area contributed by atoms with Crippen molar-refractivity contribution in [3.8, 4) is 0 Å². The molecule has 0 bridgehead atoms. The Morgan fingerprint density at radius 2 is 2.04 bits per heavy atom. The third-order valence-corrected chi connectivity index (χ3v) is 4.39. The van der Waals surface area contributed by atoms with Crippen molar-refractivity contribution in [3.05, 3.63) is 86.6 Å². The van der Waals surface area contributed by atoms with E-state index >= 15 is 0 Å². The fourth-order valence-corrected chi connectivity index (χ4v) is 2.59. The van der Waals surface area contributed by atoms with E-state index in [0.717, 1.165) is 10.0 Å². The number of nitrogens with zero attached hydrogens (tertiary/aromatic N) is 1. The number of aromatic nitrogens is 1. The van der Waals surface area contributed by atoms with E-state index in [2.05, 4.69) is 21.2 Å². The summed E-state index contributed by atoms with van der Waals surface area (Å²) in [6.07, 6.45) is 1.68. The second kappa shape index (κ2) is 6.88. The number of pyridine rings is 1. The van der Waals surface area contributed by atoms with Gasteiger partial charge in [-0.05, 0) is 42.8 Å². The SMILES string of the molecule is Cc1ccc(NC(=O)c2ccc(Cn3ccccc3=O)o2)cc1Br. The minimum atomic E-state index is -0.336. The number of hydrogen-bond donors (Lipinski definition) is 1. The molecule has 0 saturated heterocycles. The number of anilines is 1. The first-order valence-corrected chi connectivity index (χ1v) is 8.14. The molecule has 3 aromatic rings. The quantitative estimate of drug-likeness (QED) is 0.741. The van der Waals surface area contributed by atoms with E-state index in [1.54, 1.807) is 30.5 Å². The van der Waals surface area contributed by atoms with Gasteiger partial charge >= 0.3 is 0 Å². The molecule has 0 spiro atoms. The van der Waals surface area contributed by atoms with E-state index in [1.165, 1.54) is 10.6 Å². The van der Waals surface area contributed by atoms with Crippen LogP contribution < -0.4 is 10.9 Å². The summed E-state index contributed by atoms with van der Waals surface area (Å²) in [5.41, 5.74) is 1.64. The van der Waals surface area contributed by atoms with Crippen LogP contribution in [0.4, 0.5) is 5.69 Å². The summed E-state index contributed by atoms with van der Waals surface area (Å²) in [6.45, 7) is 2.25. The second-order valence-corrected chi connectivity index (χ2v) is 6.21. The molecule has 24 heavy (non-hydrogen) atoms. The first kappa shape index (κ1) is 16.3. The van der Waals surface area contributed by atoms with Gasteiger partial charge in [0.25, 0.3) is 11.5 Å². The van der Waals surface area contributed by atoms with Crippen LogP contribution >= 0.6 is 15.9 Å². The number of benzene rings is 1. The van der Waals surface area contributed by atoms with Crippen LogP contribution in [0.5, 0.6) is 0 Å². The van der Waals surface area contributed by atoms with Gasteiger partial charge in [-0.2, -0.15) is 0 Å². The molecule has 0 aliphatic heterocycles. The van der Waals surface area contributed by atoms with Gasteiger partial charge in [0, 0.05) is 22.4 Å². The lowest BCUT2D eigenvalue weighted by Crippen LogP contribution is -2.18. The van der Waals surface area contributed by atoms with Crippen molar-refractivity contribution in [2.75, 3.05) is 5.32 Å². The smallest absolute Gasteiger partial charge is 0.291 e. The zero-order valence-electron chi connectivity index (χ0n) is 13.0. The third-order valence-electron chi connectivity index (χ3n) is 3.54. The van der Waals surface area contributed by atoms with Crippen molar-refractivity contribution in [2.24, 2.45) is 0 Å². The molecule has 1 amide bonds. The topological polar surface area (TPSA) is 64.2 Å². The molecule has 0 atom stereocenters. The third kappa shape index (κ3) is 3.65. The first-order chi connectivity index (χ1) is 11.5. The first-order valence-electron chi connectivity index (χ1n) is 7.34. The number of halogens is 1. The van der Waals surface area contributed by atoms with Gasteiger partial charge < -0.3 is 14.3 Å². The van der Waals surface area contributed by atoms with Crippen LogP contribution in [0.3, 0.4) is 0 Å². The lowest BCUT2D eigenvalue weighted by molar-refractivity contribution is 0.0994. The number of hydrogen-bond acceptors (Lipinski definition) is 3. The Hall–Kier alpha value is -2.60. The monoisotopic (exact) mass is 386 g/mol. The van der Waals surface area contributed by atoms with Gasteiger partial charge in [0.15, 0.2) is 5.76 Å². The van der Waals surface area contributed by atoms with Gasteiger partial charge in [0.2, 0.25) is 0 Å². The molecule has 0 radical (unpaired) electrons. The fourth-order valence-electron chi connectivity index (χ4n) is 2.21. The molecule has 1 aromatic carbocycles. The molecule has 1 N–H and O–H groups in total. The van der Waals surface area contributed by atoms with Crippen LogP contribution in [0, 0.1) is 6.92 Å². The van der Waals surface area contributed by atoms with Crippen molar-refractivity contribution >= 4 is 27.5 Å². The summed E-state index contributed by atoms with van der Waals surface area (Å²) < 4.78 is 7.98. The van der Waals surface area contributed by atoms with Gasteiger partial charge in [-0.3, -0.25) is 9.59 Å². The average Bonchev–Trinajstić information content (AvgIpc) is 3.02. The lowest BCUT2D eigenvalue weighted by atomic mass is 10.2. The summed E-state index contributed by atoms with van der Waals surface area (Å²) in [7, 11) is 0. The number of aryl methyl sites for hydroxylation is 1. The molecule has 0 fully saturated rings. The molecule has 0 unspecified atom stereocenters. The molecule has 3 rings (SSSR count). The van der Waals surface area contributed by atoms with Gasteiger partial charge in [-0.1, -0.05) is 28.1 Å². The predicted octanol–water partition coefficient (Wildman–Crippen LogP) is 3.81. The molecule has 0 aliphatic rings. The van der Waals surface area contributed by atoms with Crippen molar-refractivity contribution in [1.82, 2.24) is 4.57 Å². The number of nitrogens with one attached hydrogen (secondary N) is 1. The van der Waals surface area contributed by atoms with Gasteiger partial charge in [0.1, 0.15) is 5.76 Å². The van der Waals surface area contributed by atoms with E-state index in [-0.39, 0.29) is 23.8 Å². The zero-order valence-corrected chi connectivity index (χ0v) is 14.5. The highest BCUT2D eigenvalue weighted by atomic mass is 79.9. The Morgan fingerprint density at radius 3 is 2.79 bits per heavy atom. The largest absolute Gasteiger partial charge is 0.454 e. The van der Waals surface area contributed by atoms with Crippen LogP contribution in [-0.4, -0.2) is 10.5 Å². The normalized spacial score (nSPS) is 10.6. The standard InChI is InChI=1S/C18H15BrN2O3/c1-12-5-6-13(10-15(12)19)20-18(23)16-8-7-14(24-16)11-21-9-3-2-4-17(21)22/h2-10H,11H2,1H3,(H,20,23). The van der Waals surface area contributed by atoms with E-state index in [4.69, 9.17) is 4.42 Å². The van der Waals surface area contributed by atoms with E-state index in [0.29, 0.717) is 11.4 Å². The maximum absolute atomic E-state index is 12.3. The average molecular weight is 387 g/mol.